The summed E-state index contributed by atoms with van der Waals surface area (Å²) in [6.07, 6.45) is 1.97. The fourth-order valence-electron chi connectivity index (χ4n) is 2.34. The molecule has 120 valence electrons. The third-order valence-corrected chi connectivity index (χ3v) is 4.00. The zero-order valence-electron chi connectivity index (χ0n) is 13.6. The minimum Gasteiger partial charge on any atom is -0.376 e. The van der Waals surface area contributed by atoms with Gasteiger partial charge in [-0.2, -0.15) is 0 Å². The van der Waals surface area contributed by atoms with Gasteiger partial charge in [-0.1, -0.05) is 6.07 Å². The smallest absolute Gasteiger partial charge is 0.241 e. The molecule has 1 aliphatic rings. The predicted molar refractivity (Wildman–Crippen MR) is 89.0 cm³/mol. The summed E-state index contributed by atoms with van der Waals surface area (Å²) in [5, 5.41) is 6.11. The van der Waals surface area contributed by atoms with Gasteiger partial charge in [0, 0.05) is 30.4 Å². The van der Waals surface area contributed by atoms with Crippen molar-refractivity contribution >= 4 is 23.2 Å². The maximum atomic E-state index is 12.0. The molecule has 1 saturated carbocycles. The van der Waals surface area contributed by atoms with Crippen molar-refractivity contribution in [2.45, 2.75) is 33.6 Å². The molecule has 1 fully saturated rings. The summed E-state index contributed by atoms with van der Waals surface area (Å²) in [6.45, 7) is 7.63. The number of hydrogen-bond acceptors (Lipinski definition) is 3. The van der Waals surface area contributed by atoms with Crippen molar-refractivity contribution < 1.29 is 9.59 Å². The number of carbonyl (C=O) groups is 2. The zero-order valence-corrected chi connectivity index (χ0v) is 13.6. The van der Waals surface area contributed by atoms with Crippen LogP contribution in [-0.4, -0.2) is 36.3 Å². The highest BCUT2D eigenvalue weighted by molar-refractivity contribution is 5.94. The van der Waals surface area contributed by atoms with Crippen molar-refractivity contribution in [2.75, 3.05) is 30.3 Å². The van der Waals surface area contributed by atoms with Gasteiger partial charge in [0.1, 0.15) is 0 Å². The second kappa shape index (κ2) is 7.29. The van der Waals surface area contributed by atoms with Gasteiger partial charge in [-0.25, -0.2) is 0 Å². The Hall–Kier alpha value is -2.04. The van der Waals surface area contributed by atoms with E-state index in [0.717, 1.165) is 29.8 Å². The van der Waals surface area contributed by atoms with E-state index in [1.165, 1.54) is 0 Å². The van der Waals surface area contributed by atoms with Crippen LogP contribution in [0.15, 0.2) is 18.2 Å². The Morgan fingerprint density at radius 2 is 1.91 bits per heavy atom. The maximum absolute atomic E-state index is 12.0. The van der Waals surface area contributed by atoms with Gasteiger partial charge in [0.25, 0.3) is 0 Å². The molecule has 5 nitrogen and oxygen atoms in total. The van der Waals surface area contributed by atoms with Crippen LogP contribution >= 0.6 is 0 Å². The van der Waals surface area contributed by atoms with Gasteiger partial charge in [0.15, 0.2) is 0 Å². The first-order chi connectivity index (χ1) is 10.5. The van der Waals surface area contributed by atoms with E-state index in [1.807, 2.05) is 39.0 Å². The second-order valence-electron chi connectivity index (χ2n) is 5.71. The minimum absolute atomic E-state index is 0.0804. The van der Waals surface area contributed by atoms with Crippen LogP contribution in [0.3, 0.4) is 0 Å². The number of nitrogens with zero attached hydrogens (tertiary/aromatic N) is 1. The van der Waals surface area contributed by atoms with Gasteiger partial charge in [0.05, 0.1) is 6.54 Å². The Morgan fingerprint density at radius 1 is 1.23 bits per heavy atom. The maximum Gasteiger partial charge on any atom is 0.241 e. The average Bonchev–Trinajstić information content (AvgIpc) is 3.33. The molecule has 0 radical (unpaired) electrons. The Bertz CT molecular complexity index is 549. The summed E-state index contributed by atoms with van der Waals surface area (Å²) in [5.41, 5.74) is 2.71. The molecule has 1 aromatic rings. The number of nitrogens with one attached hydrogen (secondary N) is 2. The molecule has 0 bridgehead atoms. The van der Waals surface area contributed by atoms with Crippen molar-refractivity contribution in [3.8, 4) is 0 Å². The highest BCUT2D eigenvalue weighted by Crippen LogP contribution is 2.30. The summed E-state index contributed by atoms with van der Waals surface area (Å²) < 4.78 is 0. The molecule has 0 saturated heterocycles. The molecule has 1 aliphatic carbocycles. The fraction of sp³-hybridized carbons (Fsp3) is 0.529. The van der Waals surface area contributed by atoms with Crippen molar-refractivity contribution in [3.63, 3.8) is 0 Å². The Kier molecular flexibility index (Phi) is 5.41. The van der Waals surface area contributed by atoms with E-state index < -0.39 is 0 Å². The van der Waals surface area contributed by atoms with E-state index in [0.29, 0.717) is 13.1 Å². The van der Waals surface area contributed by atoms with Crippen LogP contribution in [0.5, 0.6) is 0 Å². The van der Waals surface area contributed by atoms with E-state index >= 15 is 0 Å². The summed E-state index contributed by atoms with van der Waals surface area (Å²) in [7, 11) is 0. The largest absolute Gasteiger partial charge is 0.376 e. The van der Waals surface area contributed by atoms with Gasteiger partial charge >= 0.3 is 0 Å². The molecule has 2 rings (SSSR count). The lowest BCUT2D eigenvalue weighted by molar-refractivity contribution is -0.128. The van der Waals surface area contributed by atoms with Crippen molar-refractivity contribution in [2.24, 2.45) is 5.92 Å². The number of aryl methyl sites for hydroxylation is 1. The molecule has 0 unspecified atom stereocenters. The molecule has 0 aliphatic heterocycles. The van der Waals surface area contributed by atoms with Gasteiger partial charge in [-0.3, -0.25) is 9.59 Å². The molecule has 0 aromatic heterocycles. The third kappa shape index (κ3) is 4.23. The topological polar surface area (TPSA) is 61.4 Å². The molecule has 1 aromatic carbocycles. The first-order valence-electron chi connectivity index (χ1n) is 7.98. The first-order valence-corrected chi connectivity index (χ1v) is 7.98. The highest BCUT2D eigenvalue weighted by atomic mass is 16.2. The fourth-order valence-corrected chi connectivity index (χ4v) is 2.34. The van der Waals surface area contributed by atoms with Crippen LogP contribution in [0.25, 0.3) is 0 Å². The van der Waals surface area contributed by atoms with E-state index in [1.54, 1.807) is 4.90 Å². The van der Waals surface area contributed by atoms with Crippen LogP contribution in [0, 0.1) is 12.8 Å². The predicted octanol–water partition coefficient (Wildman–Crippen LogP) is 2.62. The number of likely N-dealkylation sites (N-methyl/N-ethyl adjacent to an activating group) is 1. The monoisotopic (exact) mass is 303 g/mol. The van der Waals surface area contributed by atoms with E-state index in [4.69, 9.17) is 0 Å². The number of benzene rings is 1. The minimum atomic E-state index is 0.0804. The van der Waals surface area contributed by atoms with Crippen LogP contribution in [0.2, 0.25) is 0 Å². The first kappa shape index (κ1) is 16.3. The van der Waals surface area contributed by atoms with Crippen molar-refractivity contribution in [3.05, 3.63) is 23.8 Å². The molecule has 2 N–H and O–H groups in total. The number of carbonyl (C=O) groups excluding carboxylic acids is 2. The molecule has 2 amide bonds. The van der Waals surface area contributed by atoms with Gasteiger partial charge in [-0.05, 0) is 51.3 Å². The van der Waals surface area contributed by atoms with Crippen LogP contribution in [0.1, 0.15) is 32.3 Å². The number of amides is 2. The molecular formula is C17H25N3O2. The molecular weight excluding hydrogens is 278 g/mol. The Morgan fingerprint density at radius 3 is 2.50 bits per heavy atom. The van der Waals surface area contributed by atoms with Crippen LogP contribution in [0.4, 0.5) is 11.4 Å². The lowest BCUT2D eigenvalue weighted by atomic mass is 10.1. The van der Waals surface area contributed by atoms with Crippen molar-refractivity contribution in [1.29, 1.82) is 0 Å². The number of rotatable bonds is 7. The van der Waals surface area contributed by atoms with E-state index in [2.05, 4.69) is 10.6 Å². The van der Waals surface area contributed by atoms with Gasteiger partial charge < -0.3 is 15.5 Å². The van der Waals surface area contributed by atoms with Crippen LogP contribution in [-0.2, 0) is 9.59 Å². The molecule has 0 atom stereocenters. The normalized spacial score (nSPS) is 13.6. The quantitative estimate of drug-likeness (QED) is 0.814. The van der Waals surface area contributed by atoms with Crippen molar-refractivity contribution in [1.82, 2.24) is 4.90 Å². The van der Waals surface area contributed by atoms with E-state index in [9.17, 15) is 9.59 Å². The summed E-state index contributed by atoms with van der Waals surface area (Å²) in [6, 6.07) is 5.74. The lowest BCUT2D eigenvalue weighted by Crippen LogP contribution is -2.35. The average molecular weight is 303 g/mol. The molecule has 22 heavy (non-hydrogen) atoms. The molecule has 0 heterocycles. The van der Waals surface area contributed by atoms with Gasteiger partial charge in [0.2, 0.25) is 11.8 Å². The second-order valence-corrected chi connectivity index (χ2v) is 5.71. The van der Waals surface area contributed by atoms with Crippen LogP contribution < -0.4 is 10.6 Å². The van der Waals surface area contributed by atoms with E-state index in [-0.39, 0.29) is 24.3 Å². The Labute approximate surface area is 132 Å². The summed E-state index contributed by atoms with van der Waals surface area (Å²) >= 11 is 0. The zero-order chi connectivity index (χ0) is 16.1. The number of anilines is 2. The third-order valence-electron chi connectivity index (χ3n) is 4.00. The standard InChI is InChI=1S/C17H25N3O2/c1-4-20(5-2)16(21)11-18-15-10-14(9-6-12(15)3)19-17(22)13-7-8-13/h6,9-10,13,18H,4-5,7-8,11H2,1-3H3,(H,19,22). The SMILES string of the molecule is CCN(CC)C(=O)CNc1cc(NC(=O)C2CC2)ccc1C. The van der Waals surface area contributed by atoms with Gasteiger partial charge in [-0.15, -0.1) is 0 Å². The summed E-state index contributed by atoms with van der Waals surface area (Å²) in [4.78, 5) is 25.6. The Balaban J connectivity index is 1.97. The highest BCUT2D eigenvalue weighted by Gasteiger charge is 2.29. The lowest BCUT2D eigenvalue weighted by Gasteiger charge is -2.20. The molecule has 5 heteroatoms. The summed E-state index contributed by atoms with van der Waals surface area (Å²) in [5.74, 6) is 0.354. The molecule has 0 spiro atoms. The number of hydrogen-bond donors (Lipinski definition) is 2.